The minimum absolute atomic E-state index is 0.0699. The van der Waals surface area contributed by atoms with Crippen molar-refractivity contribution in [1.82, 2.24) is 5.32 Å². The van der Waals surface area contributed by atoms with Gasteiger partial charge in [-0.15, -0.1) is 0 Å². The molecule has 2 unspecified atom stereocenters. The van der Waals surface area contributed by atoms with E-state index < -0.39 is 5.82 Å². The molecule has 0 amide bonds. The zero-order valence-electron chi connectivity index (χ0n) is 12.5. The number of benzene rings is 1. The second-order valence-electron chi connectivity index (χ2n) is 5.32. The summed E-state index contributed by atoms with van der Waals surface area (Å²) < 4.78 is 23.9. The molecule has 2 rings (SSSR count). The lowest BCUT2D eigenvalue weighted by Crippen LogP contribution is -2.40. The largest absolute Gasteiger partial charge is 0.494 e. The van der Waals surface area contributed by atoms with Crippen LogP contribution in [-0.2, 0) is 16.0 Å². The molecule has 0 spiro atoms. The summed E-state index contributed by atoms with van der Waals surface area (Å²) in [6, 6.07) is 4.71. The standard InChI is InChI=1S/C16H22FNO3/c1-3-6-18-14-10-21-9-12(14)15(19)8-11-4-5-16(20-2)13(17)7-11/h4-5,7,12,14,18H,3,6,8-10H2,1-2H3. The van der Waals surface area contributed by atoms with Crippen LogP contribution in [0.1, 0.15) is 18.9 Å². The molecule has 21 heavy (non-hydrogen) atoms. The molecule has 1 N–H and O–H groups in total. The first-order valence-corrected chi connectivity index (χ1v) is 7.32. The van der Waals surface area contributed by atoms with Crippen LogP contribution in [0, 0.1) is 11.7 Å². The third-order valence-corrected chi connectivity index (χ3v) is 3.75. The minimum atomic E-state index is -0.439. The number of nitrogens with one attached hydrogen (secondary N) is 1. The maximum Gasteiger partial charge on any atom is 0.165 e. The molecule has 0 saturated carbocycles. The predicted molar refractivity (Wildman–Crippen MR) is 78.1 cm³/mol. The van der Waals surface area contributed by atoms with Crippen molar-refractivity contribution in [3.8, 4) is 5.75 Å². The van der Waals surface area contributed by atoms with Gasteiger partial charge in [0.1, 0.15) is 5.78 Å². The number of hydrogen-bond donors (Lipinski definition) is 1. The fourth-order valence-electron chi connectivity index (χ4n) is 2.55. The first kappa shape index (κ1) is 15.9. The van der Waals surface area contributed by atoms with Gasteiger partial charge in [0.05, 0.1) is 26.2 Å². The summed E-state index contributed by atoms with van der Waals surface area (Å²) in [6.07, 6.45) is 1.24. The van der Waals surface area contributed by atoms with E-state index in [1.807, 2.05) is 0 Å². The molecule has 0 aromatic heterocycles. The Kier molecular flexibility index (Phi) is 5.70. The highest BCUT2D eigenvalue weighted by Gasteiger charge is 2.33. The molecule has 0 radical (unpaired) electrons. The molecule has 1 aromatic carbocycles. The zero-order chi connectivity index (χ0) is 15.2. The number of hydrogen-bond acceptors (Lipinski definition) is 4. The van der Waals surface area contributed by atoms with Crippen molar-refractivity contribution < 1.29 is 18.7 Å². The Morgan fingerprint density at radius 3 is 2.95 bits per heavy atom. The molecular formula is C16H22FNO3. The SMILES string of the molecule is CCCNC1COCC1C(=O)Cc1ccc(OC)c(F)c1. The molecule has 1 aliphatic heterocycles. The van der Waals surface area contributed by atoms with E-state index in [2.05, 4.69) is 12.2 Å². The quantitative estimate of drug-likeness (QED) is 0.835. The molecule has 0 aliphatic carbocycles. The molecule has 1 aliphatic rings. The molecule has 5 heteroatoms. The van der Waals surface area contributed by atoms with Crippen molar-refractivity contribution in [2.24, 2.45) is 5.92 Å². The summed E-state index contributed by atoms with van der Waals surface area (Å²) in [5.74, 6) is -0.309. The van der Waals surface area contributed by atoms with Crippen LogP contribution in [0.5, 0.6) is 5.75 Å². The van der Waals surface area contributed by atoms with Gasteiger partial charge in [0, 0.05) is 12.5 Å². The topological polar surface area (TPSA) is 47.6 Å². The summed E-state index contributed by atoms with van der Waals surface area (Å²) in [5.41, 5.74) is 0.666. The molecule has 116 valence electrons. The van der Waals surface area contributed by atoms with E-state index >= 15 is 0 Å². The Hall–Kier alpha value is -1.46. The second kappa shape index (κ2) is 7.52. The maximum absolute atomic E-state index is 13.6. The lowest BCUT2D eigenvalue weighted by atomic mass is 9.93. The second-order valence-corrected chi connectivity index (χ2v) is 5.32. The van der Waals surface area contributed by atoms with E-state index in [0.29, 0.717) is 18.8 Å². The minimum Gasteiger partial charge on any atom is -0.494 e. The monoisotopic (exact) mass is 295 g/mol. The van der Waals surface area contributed by atoms with Gasteiger partial charge in [0.25, 0.3) is 0 Å². The molecular weight excluding hydrogens is 273 g/mol. The lowest BCUT2D eigenvalue weighted by Gasteiger charge is -2.17. The fourth-order valence-corrected chi connectivity index (χ4v) is 2.55. The van der Waals surface area contributed by atoms with Crippen LogP contribution < -0.4 is 10.1 Å². The van der Waals surface area contributed by atoms with Crippen molar-refractivity contribution in [1.29, 1.82) is 0 Å². The summed E-state index contributed by atoms with van der Waals surface area (Å²) >= 11 is 0. The van der Waals surface area contributed by atoms with Crippen LogP contribution in [0.3, 0.4) is 0 Å². The number of methoxy groups -OCH3 is 1. The van der Waals surface area contributed by atoms with E-state index in [1.165, 1.54) is 13.2 Å². The van der Waals surface area contributed by atoms with Gasteiger partial charge in [-0.2, -0.15) is 0 Å². The number of Topliss-reactive ketones (excluding diaryl/α,β-unsaturated/α-hetero) is 1. The van der Waals surface area contributed by atoms with Gasteiger partial charge < -0.3 is 14.8 Å². The van der Waals surface area contributed by atoms with Crippen LogP contribution in [-0.4, -0.2) is 38.7 Å². The van der Waals surface area contributed by atoms with Gasteiger partial charge in [0.15, 0.2) is 11.6 Å². The number of ketones is 1. The van der Waals surface area contributed by atoms with Gasteiger partial charge in [-0.25, -0.2) is 4.39 Å². The third kappa shape index (κ3) is 4.02. The first-order chi connectivity index (χ1) is 10.2. The predicted octanol–water partition coefficient (Wildman–Crippen LogP) is 1.96. The van der Waals surface area contributed by atoms with Gasteiger partial charge in [-0.3, -0.25) is 4.79 Å². The van der Waals surface area contributed by atoms with Crippen LogP contribution in [0.15, 0.2) is 18.2 Å². The Labute approximate surface area is 124 Å². The molecule has 1 fully saturated rings. The maximum atomic E-state index is 13.6. The number of halogens is 1. The molecule has 4 nitrogen and oxygen atoms in total. The Morgan fingerprint density at radius 2 is 2.29 bits per heavy atom. The average Bonchev–Trinajstić information content (AvgIpc) is 2.93. The molecule has 2 atom stereocenters. The number of carbonyl (C=O) groups is 1. The number of carbonyl (C=O) groups excluding carboxylic acids is 1. The smallest absolute Gasteiger partial charge is 0.165 e. The average molecular weight is 295 g/mol. The number of ether oxygens (including phenoxy) is 2. The highest BCUT2D eigenvalue weighted by Crippen LogP contribution is 2.21. The lowest BCUT2D eigenvalue weighted by molar-refractivity contribution is -0.122. The highest BCUT2D eigenvalue weighted by molar-refractivity contribution is 5.84. The van der Waals surface area contributed by atoms with Crippen molar-refractivity contribution >= 4 is 5.78 Å². The van der Waals surface area contributed by atoms with Crippen LogP contribution in [0.4, 0.5) is 4.39 Å². The molecule has 1 saturated heterocycles. The fraction of sp³-hybridized carbons (Fsp3) is 0.562. The van der Waals surface area contributed by atoms with Gasteiger partial charge in [-0.1, -0.05) is 13.0 Å². The Morgan fingerprint density at radius 1 is 1.48 bits per heavy atom. The van der Waals surface area contributed by atoms with Crippen molar-refractivity contribution in [3.63, 3.8) is 0 Å². The summed E-state index contributed by atoms with van der Waals surface area (Å²) in [7, 11) is 1.42. The highest BCUT2D eigenvalue weighted by atomic mass is 19.1. The molecule has 0 bridgehead atoms. The van der Waals surface area contributed by atoms with Gasteiger partial charge in [-0.05, 0) is 30.7 Å². The number of rotatable bonds is 7. The van der Waals surface area contributed by atoms with E-state index in [1.54, 1.807) is 12.1 Å². The molecule has 1 aromatic rings. The van der Waals surface area contributed by atoms with E-state index in [0.717, 1.165) is 13.0 Å². The zero-order valence-corrected chi connectivity index (χ0v) is 12.5. The van der Waals surface area contributed by atoms with E-state index in [9.17, 15) is 9.18 Å². The van der Waals surface area contributed by atoms with E-state index in [-0.39, 0.29) is 29.9 Å². The first-order valence-electron chi connectivity index (χ1n) is 7.32. The van der Waals surface area contributed by atoms with Crippen molar-refractivity contribution in [2.45, 2.75) is 25.8 Å². The summed E-state index contributed by atoms with van der Waals surface area (Å²) in [6.45, 7) is 3.96. The summed E-state index contributed by atoms with van der Waals surface area (Å²) in [4.78, 5) is 12.4. The van der Waals surface area contributed by atoms with E-state index in [4.69, 9.17) is 9.47 Å². The van der Waals surface area contributed by atoms with Gasteiger partial charge >= 0.3 is 0 Å². The Bertz CT molecular complexity index is 492. The van der Waals surface area contributed by atoms with Crippen LogP contribution >= 0.6 is 0 Å². The van der Waals surface area contributed by atoms with Crippen molar-refractivity contribution in [2.75, 3.05) is 26.9 Å². The van der Waals surface area contributed by atoms with Crippen LogP contribution in [0.2, 0.25) is 0 Å². The van der Waals surface area contributed by atoms with Crippen LogP contribution in [0.25, 0.3) is 0 Å². The van der Waals surface area contributed by atoms with Crippen molar-refractivity contribution in [3.05, 3.63) is 29.6 Å². The normalized spacial score (nSPS) is 21.5. The third-order valence-electron chi connectivity index (χ3n) is 3.75. The Balaban J connectivity index is 1.98. The summed E-state index contributed by atoms with van der Waals surface area (Å²) in [5, 5.41) is 3.34. The van der Waals surface area contributed by atoms with Gasteiger partial charge in [0.2, 0.25) is 0 Å². The molecule has 1 heterocycles.